The number of aryl methyl sites for hydroxylation is 1. The van der Waals surface area contributed by atoms with Gasteiger partial charge < -0.3 is 4.42 Å². The van der Waals surface area contributed by atoms with Crippen LogP contribution in [-0.4, -0.2) is 49.1 Å². The summed E-state index contributed by atoms with van der Waals surface area (Å²) >= 11 is 0. The van der Waals surface area contributed by atoms with Gasteiger partial charge in [-0.1, -0.05) is 6.42 Å². The lowest BCUT2D eigenvalue weighted by Crippen LogP contribution is -2.61. The Morgan fingerprint density at radius 3 is 2.64 bits per heavy atom. The highest BCUT2D eigenvalue weighted by molar-refractivity contribution is 7.88. The molecule has 0 bridgehead atoms. The van der Waals surface area contributed by atoms with Crippen molar-refractivity contribution in [3.05, 3.63) is 23.7 Å². The van der Waals surface area contributed by atoms with Gasteiger partial charge in [-0.15, -0.1) is 0 Å². The molecule has 2 fully saturated rings. The molecule has 0 aliphatic carbocycles. The Hall–Kier alpha value is -0.850. The average molecular weight is 326 g/mol. The maximum Gasteiger partial charge on any atom is 0.211 e. The zero-order chi connectivity index (χ0) is 15.8. The van der Waals surface area contributed by atoms with Crippen molar-refractivity contribution in [1.29, 1.82) is 0 Å². The van der Waals surface area contributed by atoms with E-state index in [1.807, 2.05) is 19.1 Å². The lowest BCUT2D eigenvalue weighted by Gasteiger charge is -2.50. The Labute approximate surface area is 133 Å². The molecule has 22 heavy (non-hydrogen) atoms. The maximum absolute atomic E-state index is 12.2. The Kier molecular flexibility index (Phi) is 4.36. The molecule has 1 atom stereocenters. The van der Waals surface area contributed by atoms with E-state index in [2.05, 4.69) is 4.90 Å². The van der Waals surface area contributed by atoms with Crippen LogP contribution in [0.2, 0.25) is 0 Å². The minimum Gasteiger partial charge on any atom is -0.465 e. The van der Waals surface area contributed by atoms with E-state index in [0.717, 1.165) is 63.3 Å². The van der Waals surface area contributed by atoms with E-state index in [1.165, 1.54) is 6.26 Å². The lowest BCUT2D eigenvalue weighted by molar-refractivity contribution is 0.0309. The molecule has 0 saturated carbocycles. The molecular weight excluding hydrogens is 300 g/mol. The van der Waals surface area contributed by atoms with Crippen LogP contribution in [0.3, 0.4) is 0 Å². The summed E-state index contributed by atoms with van der Waals surface area (Å²) in [5.41, 5.74) is -0.203. The number of rotatable bonds is 3. The molecular formula is C16H26N2O3S. The first-order valence-electron chi connectivity index (χ1n) is 8.15. The van der Waals surface area contributed by atoms with Gasteiger partial charge in [-0.25, -0.2) is 8.42 Å². The highest BCUT2D eigenvalue weighted by Crippen LogP contribution is 2.38. The van der Waals surface area contributed by atoms with Crippen molar-refractivity contribution < 1.29 is 12.8 Å². The number of piperidine rings is 2. The summed E-state index contributed by atoms with van der Waals surface area (Å²) in [4.78, 5) is 2.35. The molecule has 6 heteroatoms. The molecule has 0 N–H and O–H groups in total. The number of sulfonamides is 1. The van der Waals surface area contributed by atoms with Gasteiger partial charge in [0, 0.05) is 18.6 Å². The molecule has 1 aromatic heterocycles. The van der Waals surface area contributed by atoms with E-state index in [-0.39, 0.29) is 5.54 Å². The monoisotopic (exact) mass is 326 g/mol. The summed E-state index contributed by atoms with van der Waals surface area (Å²) in [6.45, 7) is 5.23. The van der Waals surface area contributed by atoms with E-state index < -0.39 is 10.0 Å². The van der Waals surface area contributed by atoms with Crippen LogP contribution in [0.15, 0.2) is 16.5 Å². The summed E-state index contributed by atoms with van der Waals surface area (Å²) < 4.78 is 31.9. The average Bonchev–Trinajstić information content (AvgIpc) is 2.83. The van der Waals surface area contributed by atoms with Gasteiger partial charge in [0.25, 0.3) is 0 Å². The normalized spacial score (nSPS) is 28.3. The third-order valence-electron chi connectivity index (χ3n) is 4.99. The molecule has 1 spiro atoms. The fourth-order valence-electron chi connectivity index (χ4n) is 4.13. The summed E-state index contributed by atoms with van der Waals surface area (Å²) in [7, 11) is -3.14. The molecule has 3 heterocycles. The summed E-state index contributed by atoms with van der Waals surface area (Å²) in [6, 6.07) is 4.00. The van der Waals surface area contributed by atoms with Gasteiger partial charge in [-0.05, 0) is 51.3 Å². The van der Waals surface area contributed by atoms with Crippen molar-refractivity contribution in [2.24, 2.45) is 0 Å². The van der Waals surface area contributed by atoms with Crippen LogP contribution in [0.25, 0.3) is 0 Å². The maximum atomic E-state index is 12.2. The van der Waals surface area contributed by atoms with Crippen LogP contribution in [0.1, 0.15) is 43.6 Å². The van der Waals surface area contributed by atoms with Crippen molar-refractivity contribution >= 4 is 10.0 Å². The molecule has 0 radical (unpaired) electrons. The van der Waals surface area contributed by atoms with Crippen molar-refractivity contribution in [2.75, 3.05) is 25.9 Å². The van der Waals surface area contributed by atoms with Crippen molar-refractivity contribution in [3.8, 4) is 0 Å². The highest BCUT2D eigenvalue weighted by Gasteiger charge is 2.46. The van der Waals surface area contributed by atoms with Crippen LogP contribution >= 0.6 is 0 Å². The molecule has 2 saturated heterocycles. The molecule has 1 aromatic rings. The lowest BCUT2D eigenvalue weighted by atomic mass is 9.81. The van der Waals surface area contributed by atoms with Crippen molar-refractivity contribution in [1.82, 2.24) is 9.21 Å². The fraction of sp³-hybridized carbons (Fsp3) is 0.750. The second kappa shape index (κ2) is 5.98. The molecule has 0 aromatic carbocycles. The Balaban J connectivity index is 1.78. The Morgan fingerprint density at radius 1 is 1.18 bits per heavy atom. The molecule has 5 nitrogen and oxygen atoms in total. The minimum absolute atomic E-state index is 0.203. The number of hydrogen-bond acceptors (Lipinski definition) is 4. The third kappa shape index (κ3) is 3.24. The molecule has 124 valence electrons. The Bertz CT molecular complexity index is 621. The van der Waals surface area contributed by atoms with Gasteiger partial charge in [0.1, 0.15) is 11.5 Å². The van der Waals surface area contributed by atoms with Gasteiger partial charge in [-0.2, -0.15) is 4.31 Å². The standard InChI is InChI=1S/C16H26N2O3S/c1-14-6-7-15(21-14)12-17-10-5-9-16(13-17)8-3-4-11-18(16)22(2,19)20/h6-7H,3-5,8-13H2,1-2H3/t16-/m0/s1. The van der Waals surface area contributed by atoms with Gasteiger partial charge in [0.15, 0.2) is 0 Å². The van der Waals surface area contributed by atoms with Crippen LogP contribution < -0.4 is 0 Å². The van der Waals surface area contributed by atoms with E-state index in [1.54, 1.807) is 4.31 Å². The molecule has 0 unspecified atom stereocenters. The minimum atomic E-state index is -3.14. The zero-order valence-corrected chi connectivity index (χ0v) is 14.4. The SMILES string of the molecule is Cc1ccc(CN2CCC[C@@]3(CCCCN3S(C)(=O)=O)C2)o1. The molecule has 2 aliphatic heterocycles. The van der Waals surface area contributed by atoms with Gasteiger partial charge in [-0.3, -0.25) is 4.90 Å². The van der Waals surface area contributed by atoms with Gasteiger partial charge >= 0.3 is 0 Å². The topological polar surface area (TPSA) is 53.8 Å². The van der Waals surface area contributed by atoms with Gasteiger partial charge in [0.05, 0.1) is 12.8 Å². The van der Waals surface area contributed by atoms with Crippen LogP contribution in [-0.2, 0) is 16.6 Å². The number of hydrogen-bond donors (Lipinski definition) is 0. The first-order valence-corrected chi connectivity index (χ1v) is 9.99. The molecule has 0 amide bonds. The molecule has 3 rings (SSSR count). The smallest absolute Gasteiger partial charge is 0.211 e. The number of likely N-dealkylation sites (tertiary alicyclic amines) is 1. The van der Waals surface area contributed by atoms with E-state index in [9.17, 15) is 8.42 Å². The number of furan rings is 1. The first kappa shape index (κ1) is 16.0. The van der Waals surface area contributed by atoms with E-state index in [4.69, 9.17) is 4.42 Å². The summed E-state index contributed by atoms with van der Waals surface area (Å²) in [6.07, 6.45) is 6.47. The van der Waals surface area contributed by atoms with E-state index >= 15 is 0 Å². The number of nitrogens with zero attached hydrogens (tertiary/aromatic N) is 2. The van der Waals surface area contributed by atoms with Crippen LogP contribution in [0.5, 0.6) is 0 Å². The third-order valence-corrected chi connectivity index (χ3v) is 6.36. The summed E-state index contributed by atoms with van der Waals surface area (Å²) in [5.74, 6) is 1.90. The fourth-order valence-corrected chi connectivity index (χ4v) is 5.53. The second-order valence-corrected chi connectivity index (χ2v) is 8.75. The van der Waals surface area contributed by atoms with Crippen molar-refractivity contribution in [3.63, 3.8) is 0 Å². The second-order valence-electron chi connectivity index (χ2n) is 6.84. The van der Waals surface area contributed by atoms with Crippen LogP contribution in [0, 0.1) is 6.92 Å². The largest absolute Gasteiger partial charge is 0.465 e. The Morgan fingerprint density at radius 2 is 1.95 bits per heavy atom. The van der Waals surface area contributed by atoms with Crippen LogP contribution in [0.4, 0.5) is 0 Å². The predicted octanol–water partition coefficient (Wildman–Crippen LogP) is 2.37. The predicted molar refractivity (Wildman–Crippen MR) is 86.1 cm³/mol. The van der Waals surface area contributed by atoms with E-state index in [0.29, 0.717) is 6.54 Å². The zero-order valence-electron chi connectivity index (χ0n) is 13.5. The quantitative estimate of drug-likeness (QED) is 0.856. The highest BCUT2D eigenvalue weighted by atomic mass is 32.2. The molecule has 2 aliphatic rings. The summed E-state index contributed by atoms with van der Waals surface area (Å²) in [5, 5.41) is 0. The van der Waals surface area contributed by atoms with Gasteiger partial charge in [0.2, 0.25) is 10.0 Å². The first-order chi connectivity index (χ1) is 10.4. The van der Waals surface area contributed by atoms with Crippen molar-refractivity contribution in [2.45, 2.75) is 51.1 Å².